The summed E-state index contributed by atoms with van der Waals surface area (Å²) in [7, 11) is 0. The third-order valence-electron chi connectivity index (χ3n) is 5.89. The van der Waals surface area contributed by atoms with Crippen molar-refractivity contribution >= 4 is 35.3 Å². The molecule has 4 nitrogen and oxygen atoms in total. The summed E-state index contributed by atoms with van der Waals surface area (Å²) >= 11 is 1.48. The van der Waals surface area contributed by atoms with E-state index < -0.39 is 5.91 Å². The number of thioether (sulfide) groups is 1. The van der Waals surface area contributed by atoms with Crippen LogP contribution in [0.25, 0.3) is 6.08 Å². The Morgan fingerprint density at radius 1 is 0.868 bits per heavy atom. The van der Waals surface area contributed by atoms with Crippen molar-refractivity contribution in [2.24, 2.45) is 0 Å². The first-order valence-electron chi connectivity index (χ1n) is 12.3. The molecule has 0 aliphatic carbocycles. The van der Waals surface area contributed by atoms with E-state index in [0.29, 0.717) is 28.5 Å². The third-order valence-corrected chi connectivity index (χ3v) is 6.93. The molecule has 0 heterocycles. The van der Waals surface area contributed by atoms with Gasteiger partial charge in [0.25, 0.3) is 11.8 Å². The Kier molecular flexibility index (Phi) is 9.11. The zero-order valence-electron chi connectivity index (χ0n) is 21.3. The lowest BCUT2D eigenvalue weighted by Gasteiger charge is -2.13. The molecule has 4 rings (SSSR count). The van der Waals surface area contributed by atoms with Gasteiger partial charge in [0.2, 0.25) is 0 Å². The number of carbonyl (C=O) groups excluding carboxylic acids is 2. The van der Waals surface area contributed by atoms with E-state index in [1.165, 1.54) is 23.4 Å². The molecular formula is C32H29FN2O2S. The van der Waals surface area contributed by atoms with Crippen molar-refractivity contribution in [3.63, 3.8) is 0 Å². The number of anilines is 1. The fraction of sp³-hybridized carbons (Fsp3) is 0.125. The van der Waals surface area contributed by atoms with Crippen LogP contribution >= 0.6 is 11.8 Å². The van der Waals surface area contributed by atoms with Crippen LogP contribution in [0.2, 0.25) is 0 Å². The molecule has 38 heavy (non-hydrogen) atoms. The molecule has 0 aliphatic heterocycles. The molecule has 0 atom stereocenters. The molecule has 0 saturated carbocycles. The van der Waals surface area contributed by atoms with Crippen LogP contribution in [-0.4, -0.2) is 11.8 Å². The second kappa shape index (κ2) is 12.9. The van der Waals surface area contributed by atoms with Gasteiger partial charge in [-0.25, -0.2) is 4.39 Å². The lowest BCUT2D eigenvalue weighted by molar-refractivity contribution is -0.113. The highest BCUT2D eigenvalue weighted by Gasteiger charge is 2.15. The summed E-state index contributed by atoms with van der Waals surface area (Å²) in [5, 5.41) is 5.66. The van der Waals surface area contributed by atoms with Gasteiger partial charge in [-0.15, -0.1) is 11.8 Å². The maximum Gasteiger partial charge on any atom is 0.272 e. The maximum atomic E-state index is 14.0. The number of carbonyl (C=O) groups is 2. The van der Waals surface area contributed by atoms with Crippen LogP contribution in [0.15, 0.2) is 114 Å². The first-order chi connectivity index (χ1) is 18.4. The predicted octanol–water partition coefficient (Wildman–Crippen LogP) is 7.65. The van der Waals surface area contributed by atoms with Crippen LogP contribution in [0.3, 0.4) is 0 Å². The first kappa shape index (κ1) is 26.9. The Labute approximate surface area is 227 Å². The van der Waals surface area contributed by atoms with Gasteiger partial charge in [-0.2, -0.15) is 0 Å². The quantitative estimate of drug-likeness (QED) is 0.175. The highest BCUT2D eigenvalue weighted by atomic mass is 32.2. The number of benzene rings is 4. The second-order valence-electron chi connectivity index (χ2n) is 9.06. The molecule has 6 heteroatoms. The largest absolute Gasteiger partial charge is 0.321 e. The fourth-order valence-corrected chi connectivity index (χ4v) is 4.67. The molecule has 0 aliphatic rings. The summed E-state index contributed by atoms with van der Waals surface area (Å²) in [5.41, 5.74) is 3.74. The highest BCUT2D eigenvalue weighted by molar-refractivity contribution is 7.98. The van der Waals surface area contributed by atoms with Gasteiger partial charge in [0.1, 0.15) is 11.5 Å². The smallest absolute Gasteiger partial charge is 0.272 e. The Bertz CT molecular complexity index is 1430. The van der Waals surface area contributed by atoms with Crippen molar-refractivity contribution in [3.8, 4) is 0 Å². The molecule has 4 aromatic carbocycles. The summed E-state index contributed by atoms with van der Waals surface area (Å²) in [6, 6.07) is 30.7. The monoisotopic (exact) mass is 524 g/mol. The van der Waals surface area contributed by atoms with E-state index in [1.807, 2.05) is 54.6 Å². The van der Waals surface area contributed by atoms with Gasteiger partial charge in [-0.05, 0) is 65.1 Å². The van der Waals surface area contributed by atoms with Crippen LogP contribution in [0.1, 0.15) is 46.8 Å². The molecule has 0 fully saturated rings. The molecule has 0 aromatic heterocycles. The van der Waals surface area contributed by atoms with E-state index >= 15 is 0 Å². The minimum Gasteiger partial charge on any atom is -0.321 e. The van der Waals surface area contributed by atoms with Crippen LogP contribution in [0.5, 0.6) is 0 Å². The van der Waals surface area contributed by atoms with Crippen LogP contribution in [0.4, 0.5) is 10.1 Å². The summed E-state index contributed by atoms with van der Waals surface area (Å²) in [5.74, 6) is -0.209. The molecule has 0 saturated heterocycles. The molecule has 0 bridgehead atoms. The van der Waals surface area contributed by atoms with Crippen LogP contribution < -0.4 is 10.6 Å². The first-order valence-corrected chi connectivity index (χ1v) is 13.3. The average molecular weight is 525 g/mol. The zero-order valence-corrected chi connectivity index (χ0v) is 22.1. The van der Waals surface area contributed by atoms with Crippen LogP contribution in [-0.2, 0) is 10.5 Å². The lowest BCUT2D eigenvalue weighted by Crippen LogP contribution is -2.30. The van der Waals surface area contributed by atoms with Crippen molar-refractivity contribution in [1.29, 1.82) is 0 Å². The van der Waals surface area contributed by atoms with Gasteiger partial charge >= 0.3 is 0 Å². The molecule has 2 N–H and O–H groups in total. The van der Waals surface area contributed by atoms with Gasteiger partial charge in [0.15, 0.2) is 0 Å². The number of amides is 2. The SMILES string of the molecule is CC(C)c1ccc(/C=C(/NC(=O)c2ccccc2)C(=O)Nc2cccc(SCc3ccccc3F)c2)cc1. The number of hydrogen-bond donors (Lipinski definition) is 2. The summed E-state index contributed by atoms with van der Waals surface area (Å²) in [4.78, 5) is 27.1. The van der Waals surface area contributed by atoms with Gasteiger partial charge in [0.05, 0.1) is 0 Å². The fourth-order valence-electron chi connectivity index (χ4n) is 3.72. The third kappa shape index (κ3) is 7.43. The van der Waals surface area contributed by atoms with Crippen molar-refractivity contribution in [1.82, 2.24) is 5.32 Å². The standard InChI is InChI=1S/C32H29FN2O2S/c1-22(2)24-17-15-23(16-18-24)19-30(35-31(36)25-9-4-3-5-10-25)32(37)34-27-12-8-13-28(20-27)38-21-26-11-6-7-14-29(26)33/h3-20,22H,21H2,1-2H3,(H,34,37)(H,35,36)/b30-19+. The maximum absolute atomic E-state index is 14.0. The molecule has 4 aromatic rings. The Morgan fingerprint density at radius 3 is 2.29 bits per heavy atom. The van der Waals surface area contributed by atoms with Crippen molar-refractivity contribution in [2.75, 3.05) is 5.32 Å². The highest BCUT2D eigenvalue weighted by Crippen LogP contribution is 2.26. The van der Waals surface area contributed by atoms with E-state index in [9.17, 15) is 14.0 Å². The number of nitrogens with one attached hydrogen (secondary N) is 2. The lowest BCUT2D eigenvalue weighted by atomic mass is 10.0. The van der Waals surface area contributed by atoms with Gasteiger partial charge in [-0.3, -0.25) is 9.59 Å². The minimum absolute atomic E-state index is 0.126. The minimum atomic E-state index is -0.446. The average Bonchev–Trinajstić information content (AvgIpc) is 2.93. The van der Waals surface area contributed by atoms with Crippen molar-refractivity contribution in [3.05, 3.63) is 137 Å². The number of halogens is 1. The Morgan fingerprint density at radius 2 is 1.58 bits per heavy atom. The molecule has 2 amide bonds. The van der Waals surface area contributed by atoms with Gasteiger partial charge in [0, 0.05) is 21.9 Å². The Hall–Kier alpha value is -4.16. The number of hydrogen-bond acceptors (Lipinski definition) is 3. The van der Waals surface area contributed by atoms with E-state index in [0.717, 1.165) is 10.5 Å². The Balaban J connectivity index is 1.53. The van der Waals surface area contributed by atoms with E-state index in [4.69, 9.17) is 0 Å². The molecule has 0 spiro atoms. The van der Waals surface area contributed by atoms with Crippen molar-refractivity contribution in [2.45, 2.75) is 30.4 Å². The topological polar surface area (TPSA) is 58.2 Å². The summed E-state index contributed by atoms with van der Waals surface area (Å²) in [6.07, 6.45) is 1.66. The predicted molar refractivity (Wildman–Crippen MR) is 153 cm³/mol. The molecule has 0 radical (unpaired) electrons. The van der Waals surface area contributed by atoms with Gasteiger partial charge < -0.3 is 10.6 Å². The zero-order chi connectivity index (χ0) is 26.9. The van der Waals surface area contributed by atoms with Crippen molar-refractivity contribution < 1.29 is 14.0 Å². The van der Waals surface area contributed by atoms with E-state index in [-0.39, 0.29) is 17.4 Å². The normalized spacial score (nSPS) is 11.3. The summed E-state index contributed by atoms with van der Waals surface area (Å²) < 4.78 is 14.0. The number of rotatable bonds is 9. The van der Waals surface area contributed by atoms with Gasteiger partial charge in [-0.1, -0.05) is 80.6 Å². The molecule has 192 valence electrons. The molecule has 0 unspecified atom stereocenters. The van der Waals surface area contributed by atoms with E-state index in [1.54, 1.807) is 48.5 Å². The summed E-state index contributed by atoms with van der Waals surface area (Å²) in [6.45, 7) is 4.24. The molecular weight excluding hydrogens is 495 g/mol. The second-order valence-corrected chi connectivity index (χ2v) is 10.1. The van der Waals surface area contributed by atoms with E-state index in [2.05, 4.69) is 24.5 Å². The van der Waals surface area contributed by atoms with Crippen LogP contribution in [0, 0.1) is 5.82 Å².